The number of rotatable bonds is 9. The third kappa shape index (κ3) is 7.59. The highest BCUT2D eigenvalue weighted by molar-refractivity contribution is 9.10. The molecule has 1 fully saturated rings. The van der Waals surface area contributed by atoms with Crippen molar-refractivity contribution in [3.8, 4) is 5.75 Å². The average Bonchev–Trinajstić information content (AvgIpc) is 3.52. The van der Waals surface area contributed by atoms with E-state index in [4.69, 9.17) is 4.74 Å². The van der Waals surface area contributed by atoms with E-state index < -0.39 is 64.0 Å². The van der Waals surface area contributed by atoms with Gasteiger partial charge in [0.15, 0.2) is 0 Å². The molecular weight excluding hydrogens is 744 g/mol. The first-order valence-electron chi connectivity index (χ1n) is 15.6. The lowest BCUT2D eigenvalue weighted by atomic mass is 9.78. The average molecular weight is 777 g/mol. The van der Waals surface area contributed by atoms with Crippen LogP contribution in [0.4, 0.5) is 26.3 Å². The molecule has 2 amide bonds. The van der Waals surface area contributed by atoms with Crippen molar-refractivity contribution >= 4 is 45.1 Å². The summed E-state index contributed by atoms with van der Waals surface area (Å²) in [7, 11) is 0. The van der Waals surface area contributed by atoms with Gasteiger partial charge in [-0.1, -0.05) is 35.3 Å². The van der Waals surface area contributed by atoms with Crippen LogP contribution in [0.3, 0.4) is 0 Å². The van der Waals surface area contributed by atoms with Gasteiger partial charge in [-0.2, -0.15) is 26.3 Å². The second kappa shape index (κ2) is 14.3. The highest BCUT2D eigenvalue weighted by Crippen LogP contribution is 2.45. The number of aliphatic carboxylic acids is 1. The summed E-state index contributed by atoms with van der Waals surface area (Å²) in [4.78, 5) is 46.2. The Balaban J connectivity index is 1.65. The Labute approximate surface area is 290 Å². The number of amides is 2. The number of hydrogen-bond acceptors (Lipinski definition) is 6. The molecule has 16 heteroatoms. The fourth-order valence-electron chi connectivity index (χ4n) is 6.81. The van der Waals surface area contributed by atoms with Crippen LogP contribution in [0, 0.1) is 0 Å². The predicted octanol–water partition coefficient (Wildman–Crippen LogP) is 8.16. The van der Waals surface area contributed by atoms with Crippen LogP contribution >= 0.6 is 27.3 Å². The molecule has 4 heterocycles. The summed E-state index contributed by atoms with van der Waals surface area (Å²) in [5, 5.41) is 10.7. The van der Waals surface area contributed by atoms with E-state index in [2.05, 4.69) is 20.9 Å². The number of carbonyl (C=O) groups excluding carboxylic acids is 2. The van der Waals surface area contributed by atoms with Crippen molar-refractivity contribution in [1.82, 2.24) is 14.8 Å². The Bertz CT molecular complexity index is 1720. The first kappa shape index (κ1) is 36.6. The topological polar surface area (TPSA) is 100 Å². The van der Waals surface area contributed by atoms with Gasteiger partial charge >= 0.3 is 18.3 Å². The summed E-state index contributed by atoms with van der Waals surface area (Å²) in [6.45, 7) is 1.78. The van der Waals surface area contributed by atoms with E-state index in [1.807, 2.05) is 6.07 Å². The lowest BCUT2D eigenvalue weighted by molar-refractivity contribution is -0.163. The lowest BCUT2D eigenvalue weighted by Crippen LogP contribution is -2.68. The number of carbonyl (C=O) groups is 3. The van der Waals surface area contributed by atoms with Crippen molar-refractivity contribution < 1.29 is 50.6 Å². The number of alkyl halides is 6. The molecular formula is C33H32BrF6N3O5S. The second-order valence-corrected chi connectivity index (χ2v) is 13.8. The van der Waals surface area contributed by atoms with Crippen LogP contribution in [0.5, 0.6) is 5.75 Å². The largest absolute Gasteiger partial charge is 0.481 e. The molecule has 49 heavy (non-hydrogen) atoms. The van der Waals surface area contributed by atoms with Gasteiger partial charge in [0.1, 0.15) is 16.3 Å². The predicted molar refractivity (Wildman–Crippen MR) is 170 cm³/mol. The van der Waals surface area contributed by atoms with Crippen LogP contribution in [0.2, 0.25) is 0 Å². The number of carboxylic acid groups (broad SMARTS) is 1. The first-order valence-corrected chi connectivity index (χ1v) is 17.2. The van der Waals surface area contributed by atoms with E-state index in [1.165, 1.54) is 4.90 Å². The number of benzene rings is 1. The van der Waals surface area contributed by atoms with E-state index in [-0.39, 0.29) is 50.9 Å². The summed E-state index contributed by atoms with van der Waals surface area (Å²) >= 11 is 3.79. The van der Waals surface area contributed by atoms with E-state index in [9.17, 15) is 41.0 Å². The van der Waals surface area contributed by atoms with Gasteiger partial charge in [0.05, 0.1) is 17.6 Å². The van der Waals surface area contributed by atoms with Gasteiger partial charge in [-0.25, -0.2) is 0 Å². The minimum Gasteiger partial charge on any atom is -0.481 e. The van der Waals surface area contributed by atoms with E-state index in [0.29, 0.717) is 29.7 Å². The summed E-state index contributed by atoms with van der Waals surface area (Å²) in [6, 6.07) is 5.95. The Hall–Kier alpha value is -3.66. The molecule has 2 aliphatic heterocycles. The highest BCUT2D eigenvalue weighted by atomic mass is 79.9. The normalized spacial score (nSPS) is 21.3. The fraction of sp³-hybridized carbons (Fsp3) is 0.455. The summed E-state index contributed by atoms with van der Waals surface area (Å²) < 4.78 is 90.2. The molecule has 0 aliphatic carbocycles. The highest BCUT2D eigenvalue weighted by Gasteiger charge is 2.57. The number of halogens is 7. The summed E-state index contributed by atoms with van der Waals surface area (Å²) in [6.07, 6.45) is -8.13. The summed E-state index contributed by atoms with van der Waals surface area (Å²) in [5.41, 5.74) is -2.61. The Morgan fingerprint density at radius 3 is 2.47 bits per heavy atom. The van der Waals surface area contributed by atoms with Crippen LogP contribution in [0.15, 0.2) is 52.4 Å². The van der Waals surface area contributed by atoms with Gasteiger partial charge in [0, 0.05) is 48.0 Å². The number of nitrogens with zero attached hydrogens (tertiary/aromatic N) is 3. The maximum absolute atomic E-state index is 15.1. The van der Waals surface area contributed by atoms with Gasteiger partial charge in [-0.3, -0.25) is 19.4 Å². The number of ether oxygens (including phenoxy) is 1. The molecule has 0 bridgehead atoms. The molecule has 3 aromatic rings. The maximum Gasteiger partial charge on any atom is 0.425 e. The van der Waals surface area contributed by atoms with E-state index >= 15 is 4.79 Å². The van der Waals surface area contributed by atoms with Crippen LogP contribution in [-0.2, 0) is 28.4 Å². The molecule has 1 unspecified atom stereocenters. The SMILES string of the molecule is CCC[C@H]1N(C(=O)c2ncccc2C(F)(F)F)CCC[C@@]1(Oc1csc(C(F)(F)F)c1)C(=O)N1CCc2cc(Br)ccc2C1CCC(=O)O. The molecule has 8 nitrogen and oxygen atoms in total. The standard InChI is InChI=1S/C33H32BrF6N3O5S/c1-2-5-25-31(48-21-17-26(49-18-21)33(38,39)40,12-4-14-43(25)29(46)28-23(32(35,36)37)6-3-13-41-28)30(47)42-15-11-19-16-20(34)7-8-22(19)24(42)9-10-27(44)45/h3,6-8,13,16-18,24-25H,2,4-5,9-12,14-15H2,1H3,(H,44,45)/t24?,25-,31+/m1/s1. The molecule has 1 saturated heterocycles. The number of piperidine rings is 1. The maximum atomic E-state index is 15.1. The fourth-order valence-corrected chi connectivity index (χ4v) is 7.90. The van der Waals surface area contributed by atoms with Crippen molar-refractivity contribution in [2.75, 3.05) is 13.1 Å². The number of pyridine rings is 1. The molecule has 2 aromatic heterocycles. The Morgan fingerprint density at radius 2 is 1.82 bits per heavy atom. The number of fused-ring (bicyclic) bond motifs is 1. The Kier molecular flexibility index (Phi) is 10.7. The molecule has 1 N–H and O–H groups in total. The van der Waals surface area contributed by atoms with E-state index in [0.717, 1.165) is 44.7 Å². The smallest absolute Gasteiger partial charge is 0.425 e. The van der Waals surface area contributed by atoms with Crippen molar-refractivity contribution in [3.63, 3.8) is 0 Å². The van der Waals surface area contributed by atoms with Gasteiger partial charge in [0.2, 0.25) is 5.60 Å². The number of aromatic nitrogens is 1. The van der Waals surface area contributed by atoms with Gasteiger partial charge in [-0.05, 0) is 61.1 Å². The number of hydrogen-bond donors (Lipinski definition) is 1. The van der Waals surface area contributed by atoms with Crippen LogP contribution < -0.4 is 4.74 Å². The Morgan fingerprint density at radius 1 is 1.06 bits per heavy atom. The van der Waals surface area contributed by atoms with Crippen LogP contribution in [0.1, 0.15) is 83.5 Å². The molecule has 0 radical (unpaired) electrons. The molecule has 2 aliphatic rings. The van der Waals surface area contributed by atoms with Crippen molar-refractivity contribution in [3.05, 3.63) is 79.7 Å². The molecule has 5 rings (SSSR count). The lowest BCUT2D eigenvalue weighted by Gasteiger charge is -2.51. The van der Waals surface area contributed by atoms with Gasteiger partial charge < -0.3 is 19.6 Å². The minimum atomic E-state index is -4.92. The van der Waals surface area contributed by atoms with Crippen LogP contribution in [-0.4, -0.2) is 62.4 Å². The third-order valence-electron chi connectivity index (χ3n) is 8.87. The molecule has 264 valence electrons. The van der Waals surface area contributed by atoms with Gasteiger partial charge in [0.25, 0.3) is 11.8 Å². The monoisotopic (exact) mass is 775 g/mol. The van der Waals surface area contributed by atoms with Crippen molar-refractivity contribution in [2.24, 2.45) is 0 Å². The molecule has 1 aromatic carbocycles. The number of likely N-dealkylation sites (tertiary alicyclic amines) is 1. The quantitative estimate of drug-likeness (QED) is 0.220. The van der Waals surface area contributed by atoms with Crippen molar-refractivity contribution in [2.45, 2.75) is 81.9 Å². The van der Waals surface area contributed by atoms with E-state index in [1.54, 1.807) is 19.1 Å². The zero-order valence-corrected chi connectivity index (χ0v) is 28.5. The third-order valence-corrected chi connectivity index (χ3v) is 10.3. The van der Waals surface area contributed by atoms with Crippen molar-refractivity contribution in [1.29, 1.82) is 0 Å². The molecule has 0 spiro atoms. The van der Waals surface area contributed by atoms with Crippen LogP contribution in [0.25, 0.3) is 0 Å². The number of carboxylic acids is 1. The molecule has 3 atom stereocenters. The number of thiophene rings is 1. The minimum absolute atomic E-state index is 0.00637. The summed E-state index contributed by atoms with van der Waals surface area (Å²) in [5.74, 6) is -3.17. The zero-order chi connectivity index (χ0) is 35.7. The molecule has 0 saturated carbocycles. The first-order chi connectivity index (χ1) is 23.1. The second-order valence-electron chi connectivity index (χ2n) is 12.0. The van der Waals surface area contributed by atoms with Gasteiger partial charge in [-0.15, -0.1) is 11.3 Å². The zero-order valence-electron chi connectivity index (χ0n) is 26.1.